The number of phenolic OH excluding ortho intramolecular Hbond substituents is 2. The summed E-state index contributed by atoms with van der Waals surface area (Å²) in [5, 5.41) is 22.1. The monoisotopic (exact) mass is 337 g/mol. The molecule has 0 saturated heterocycles. The number of aromatic hydroxyl groups is 2. The van der Waals surface area contributed by atoms with E-state index in [0.29, 0.717) is 0 Å². The van der Waals surface area contributed by atoms with Gasteiger partial charge in [-0.1, -0.05) is 31.2 Å². The summed E-state index contributed by atoms with van der Waals surface area (Å²) in [5.41, 5.74) is 2.31. The second kappa shape index (κ2) is 7.92. The van der Waals surface area contributed by atoms with Crippen molar-refractivity contribution in [3.63, 3.8) is 0 Å². The zero-order valence-electron chi connectivity index (χ0n) is 11.4. The molecule has 1 unspecified atom stereocenters. The molecule has 2 rings (SSSR count). The number of hydrogen-bond donors (Lipinski definition) is 3. The minimum Gasteiger partial charge on any atom is -0.508 e. The molecule has 0 saturated carbocycles. The van der Waals surface area contributed by atoms with Crippen LogP contribution in [0.4, 0.5) is 0 Å². The van der Waals surface area contributed by atoms with Gasteiger partial charge in [0.25, 0.3) is 0 Å². The number of rotatable bonds is 5. The molecule has 1 atom stereocenters. The Labute approximate surface area is 130 Å². The Balaban J connectivity index is 0.00000200. The van der Waals surface area contributed by atoms with Crippen LogP contribution in [0.5, 0.6) is 11.5 Å². The number of likely N-dealkylation sites (N-methyl/N-ethyl adjacent to an activating group) is 1. The summed E-state index contributed by atoms with van der Waals surface area (Å²) in [6.45, 7) is 2.95. The fourth-order valence-corrected chi connectivity index (χ4v) is 2.13. The lowest BCUT2D eigenvalue weighted by molar-refractivity contribution is 0.472. The fourth-order valence-electron chi connectivity index (χ4n) is 2.13. The second-order valence-electron chi connectivity index (χ2n) is 4.57. The van der Waals surface area contributed by atoms with Crippen molar-refractivity contribution in [2.24, 2.45) is 0 Å². The van der Waals surface area contributed by atoms with E-state index in [4.69, 9.17) is 0 Å². The maximum absolute atomic E-state index is 9.34. The van der Waals surface area contributed by atoms with E-state index in [1.807, 2.05) is 24.3 Å². The summed E-state index contributed by atoms with van der Waals surface area (Å²) in [5.74, 6) is 0.567. The molecule has 3 N–H and O–H groups in total. The first-order valence-electron chi connectivity index (χ1n) is 6.49. The molecule has 4 heteroatoms. The Kier molecular flexibility index (Phi) is 6.55. The first kappa shape index (κ1) is 16.5. The normalized spacial score (nSPS) is 11.7. The van der Waals surface area contributed by atoms with Crippen molar-refractivity contribution in [2.45, 2.75) is 19.4 Å². The fraction of sp³-hybridized carbons (Fsp3) is 0.250. The van der Waals surface area contributed by atoms with Gasteiger partial charge in [-0.15, -0.1) is 17.0 Å². The SMILES string of the molecule is Br.CCNC(Cc1ccc(O)cc1)c1ccc(O)cc1. The highest BCUT2D eigenvalue weighted by atomic mass is 79.9. The minimum atomic E-state index is 0. The maximum Gasteiger partial charge on any atom is 0.115 e. The number of nitrogens with one attached hydrogen (secondary N) is 1. The molecule has 20 heavy (non-hydrogen) atoms. The first-order valence-corrected chi connectivity index (χ1v) is 6.49. The van der Waals surface area contributed by atoms with Gasteiger partial charge in [0.05, 0.1) is 0 Å². The summed E-state index contributed by atoms with van der Waals surface area (Å²) in [6, 6.07) is 14.7. The molecule has 2 aromatic rings. The van der Waals surface area contributed by atoms with Crippen LogP contribution in [0.15, 0.2) is 48.5 Å². The lowest BCUT2D eigenvalue weighted by Crippen LogP contribution is -2.22. The third kappa shape index (κ3) is 4.54. The van der Waals surface area contributed by atoms with Gasteiger partial charge in [-0.25, -0.2) is 0 Å². The van der Waals surface area contributed by atoms with Gasteiger partial charge in [0.1, 0.15) is 11.5 Å². The van der Waals surface area contributed by atoms with E-state index in [2.05, 4.69) is 12.2 Å². The van der Waals surface area contributed by atoms with Gasteiger partial charge in [0, 0.05) is 6.04 Å². The molecule has 0 heterocycles. The number of benzene rings is 2. The molecule has 0 aliphatic carbocycles. The third-order valence-corrected chi connectivity index (χ3v) is 3.12. The van der Waals surface area contributed by atoms with Crippen LogP contribution in [0.3, 0.4) is 0 Å². The minimum absolute atomic E-state index is 0. The van der Waals surface area contributed by atoms with E-state index < -0.39 is 0 Å². The van der Waals surface area contributed by atoms with Gasteiger partial charge in [0.15, 0.2) is 0 Å². The van der Waals surface area contributed by atoms with Gasteiger partial charge in [0.2, 0.25) is 0 Å². The molecule has 0 spiro atoms. The topological polar surface area (TPSA) is 52.5 Å². The predicted octanol–water partition coefficient (Wildman–Crippen LogP) is 3.57. The first-order chi connectivity index (χ1) is 9.19. The smallest absolute Gasteiger partial charge is 0.115 e. The van der Waals surface area contributed by atoms with Crippen molar-refractivity contribution in [1.82, 2.24) is 5.32 Å². The number of phenols is 2. The Bertz CT molecular complexity index is 511. The molecule has 0 aliphatic heterocycles. The van der Waals surface area contributed by atoms with Gasteiger partial charge >= 0.3 is 0 Å². The number of halogens is 1. The van der Waals surface area contributed by atoms with Gasteiger partial charge in [-0.2, -0.15) is 0 Å². The van der Waals surface area contributed by atoms with Crippen LogP contribution in [0.25, 0.3) is 0 Å². The van der Waals surface area contributed by atoms with Crippen LogP contribution in [-0.4, -0.2) is 16.8 Å². The molecule has 0 amide bonds. The Morgan fingerprint density at radius 1 is 0.900 bits per heavy atom. The molecular formula is C16H20BrNO2. The molecule has 0 bridgehead atoms. The Morgan fingerprint density at radius 2 is 1.40 bits per heavy atom. The zero-order valence-corrected chi connectivity index (χ0v) is 13.1. The van der Waals surface area contributed by atoms with E-state index in [-0.39, 0.29) is 34.5 Å². The molecular weight excluding hydrogens is 318 g/mol. The summed E-state index contributed by atoms with van der Waals surface area (Å²) in [4.78, 5) is 0. The van der Waals surface area contributed by atoms with Crippen LogP contribution in [0.2, 0.25) is 0 Å². The van der Waals surface area contributed by atoms with Crippen molar-refractivity contribution in [3.05, 3.63) is 59.7 Å². The quantitative estimate of drug-likeness (QED) is 0.781. The van der Waals surface area contributed by atoms with Crippen LogP contribution in [0, 0.1) is 0 Å². The van der Waals surface area contributed by atoms with E-state index in [9.17, 15) is 10.2 Å². The molecule has 3 nitrogen and oxygen atoms in total. The summed E-state index contributed by atoms with van der Waals surface area (Å²) in [7, 11) is 0. The van der Waals surface area contributed by atoms with Crippen molar-refractivity contribution in [3.8, 4) is 11.5 Å². The van der Waals surface area contributed by atoms with Gasteiger partial charge in [-0.3, -0.25) is 0 Å². The highest BCUT2D eigenvalue weighted by molar-refractivity contribution is 8.93. The Morgan fingerprint density at radius 3 is 1.90 bits per heavy atom. The van der Waals surface area contributed by atoms with Crippen molar-refractivity contribution in [2.75, 3.05) is 6.54 Å². The molecule has 0 fully saturated rings. The van der Waals surface area contributed by atoms with E-state index in [1.165, 1.54) is 0 Å². The lowest BCUT2D eigenvalue weighted by Gasteiger charge is -2.18. The predicted molar refractivity (Wildman–Crippen MR) is 86.7 cm³/mol. The van der Waals surface area contributed by atoms with Gasteiger partial charge in [-0.05, 0) is 48.4 Å². The average Bonchev–Trinajstić information content (AvgIpc) is 2.42. The molecule has 0 aliphatic rings. The lowest BCUT2D eigenvalue weighted by atomic mass is 9.98. The Hall–Kier alpha value is -1.52. The average molecular weight is 338 g/mol. The highest BCUT2D eigenvalue weighted by Gasteiger charge is 2.11. The van der Waals surface area contributed by atoms with Crippen molar-refractivity contribution in [1.29, 1.82) is 0 Å². The van der Waals surface area contributed by atoms with Crippen molar-refractivity contribution >= 4 is 17.0 Å². The van der Waals surface area contributed by atoms with E-state index in [1.54, 1.807) is 24.3 Å². The molecule has 108 valence electrons. The molecule has 2 aromatic carbocycles. The van der Waals surface area contributed by atoms with Gasteiger partial charge < -0.3 is 15.5 Å². The van der Waals surface area contributed by atoms with Crippen LogP contribution >= 0.6 is 17.0 Å². The van der Waals surface area contributed by atoms with Crippen LogP contribution < -0.4 is 5.32 Å². The zero-order chi connectivity index (χ0) is 13.7. The van der Waals surface area contributed by atoms with E-state index in [0.717, 1.165) is 24.1 Å². The van der Waals surface area contributed by atoms with E-state index >= 15 is 0 Å². The molecule has 0 aromatic heterocycles. The van der Waals surface area contributed by atoms with Crippen LogP contribution in [-0.2, 0) is 6.42 Å². The number of hydrogen-bond acceptors (Lipinski definition) is 3. The summed E-state index contributed by atoms with van der Waals surface area (Å²) < 4.78 is 0. The molecule has 0 radical (unpaired) electrons. The maximum atomic E-state index is 9.34. The van der Waals surface area contributed by atoms with Crippen molar-refractivity contribution < 1.29 is 10.2 Å². The third-order valence-electron chi connectivity index (χ3n) is 3.12. The highest BCUT2D eigenvalue weighted by Crippen LogP contribution is 2.21. The second-order valence-corrected chi connectivity index (χ2v) is 4.57. The standard InChI is InChI=1S/C16H19NO2.BrH/c1-2-17-16(13-5-9-15(19)10-6-13)11-12-3-7-14(18)8-4-12;/h3-10,16-19H,2,11H2,1H3;1H. The summed E-state index contributed by atoms with van der Waals surface area (Å²) in [6.07, 6.45) is 0.846. The summed E-state index contributed by atoms with van der Waals surface area (Å²) >= 11 is 0. The largest absolute Gasteiger partial charge is 0.508 e. The van der Waals surface area contributed by atoms with Crippen LogP contribution in [0.1, 0.15) is 24.1 Å².